The number of aliphatic imine (C=N–C) groups is 1. The van der Waals surface area contributed by atoms with Crippen LogP contribution in [0.15, 0.2) is 50.5 Å². The molecule has 0 unspecified atom stereocenters. The summed E-state index contributed by atoms with van der Waals surface area (Å²) in [5, 5.41) is 10.5. The van der Waals surface area contributed by atoms with Gasteiger partial charge in [-0.15, -0.1) is 24.0 Å². The predicted molar refractivity (Wildman–Crippen MR) is 120 cm³/mol. The van der Waals surface area contributed by atoms with Crippen molar-refractivity contribution >= 4 is 29.9 Å². The first-order valence-electron chi connectivity index (χ1n) is 9.03. The zero-order chi connectivity index (χ0) is 19.1. The number of aryl methyl sites for hydroxylation is 2. The minimum atomic E-state index is 0. The highest BCUT2D eigenvalue weighted by molar-refractivity contribution is 14.0. The fourth-order valence-electron chi connectivity index (χ4n) is 2.83. The van der Waals surface area contributed by atoms with Gasteiger partial charge < -0.3 is 19.6 Å². The number of nitrogens with one attached hydrogen (secondary N) is 2. The van der Waals surface area contributed by atoms with Crippen LogP contribution in [-0.4, -0.2) is 29.7 Å². The molecule has 3 aromatic rings. The number of guanidine groups is 1. The average Bonchev–Trinajstić information content (AvgIpc) is 3.29. The largest absolute Gasteiger partial charge is 0.444 e. The molecule has 0 radical (unpaired) electrons. The smallest absolute Gasteiger partial charge is 0.226 e. The van der Waals surface area contributed by atoms with Gasteiger partial charge in [0.25, 0.3) is 0 Å². The monoisotopic (exact) mass is 495 g/mol. The van der Waals surface area contributed by atoms with Crippen LogP contribution >= 0.6 is 24.0 Å². The molecule has 150 valence electrons. The third kappa shape index (κ3) is 5.82. The molecule has 7 nitrogen and oxygen atoms in total. The molecule has 0 spiro atoms. The molecule has 8 heteroatoms. The second-order valence-electron chi connectivity index (χ2n) is 6.27. The van der Waals surface area contributed by atoms with E-state index < -0.39 is 0 Å². The van der Waals surface area contributed by atoms with Gasteiger partial charge in [-0.05, 0) is 38.8 Å². The normalized spacial score (nSPS) is 11.2. The molecule has 1 aromatic carbocycles. The summed E-state index contributed by atoms with van der Waals surface area (Å²) < 4.78 is 10.7. The summed E-state index contributed by atoms with van der Waals surface area (Å²) in [7, 11) is 1.75. The van der Waals surface area contributed by atoms with E-state index in [0.29, 0.717) is 12.4 Å². The van der Waals surface area contributed by atoms with Crippen LogP contribution < -0.4 is 10.6 Å². The van der Waals surface area contributed by atoms with E-state index in [4.69, 9.17) is 8.94 Å². The Morgan fingerprint density at radius 3 is 2.61 bits per heavy atom. The minimum absolute atomic E-state index is 0. The van der Waals surface area contributed by atoms with E-state index in [0.717, 1.165) is 48.1 Å². The van der Waals surface area contributed by atoms with Crippen LogP contribution in [0.2, 0.25) is 0 Å². The van der Waals surface area contributed by atoms with Crippen LogP contribution in [0.3, 0.4) is 0 Å². The van der Waals surface area contributed by atoms with Crippen LogP contribution in [0.25, 0.3) is 11.5 Å². The molecule has 0 amide bonds. The summed E-state index contributed by atoms with van der Waals surface area (Å²) in [6.07, 6.45) is 3.56. The van der Waals surface area contributed by atoms with E-state index in [1.54, 1.807) is 13.3 Å². The lowest BCUT2D eigenvalue weighted by Crippen LogP contribution is -2.37. The molecule has 28 heavy (non-hydrogen) atoms. The third-order valence-electron chi connectivity index (χ3n) is 4.31. The maximum atomic E-state index is 5.55. The summed E-state index contributed by atoms with van der Waals surface area (Å²) in [6.45, 7) is 5.27. The Balaban J connectivity index is 0.00000280. The first-order chi connectivity index (χ1) is 13.2. The molecular weight excluding hydrogens is 469 g/mol. The molecular formula is C20H26IN5O2. The van der Waals surface area contributed by atoms with E-state index in [1.165, 1.54) is 5.56 Å². The lowest BCUT2D eigenvalue weighted by molar-refractivity contribution is 0.392. The van der Waals surface area contributed by atoms with Crippen molar-refractivity contribution in [1.82, 2.24) is 20.8 Å². The van der Waals surface area contributed by atoms with Crippen molar-refractivity contribution < 1.29 is 8.94 Å². The first-order valence-corrected chi connectivity index (χ1v) is 9.03. The molecule has 0 aliphatic rings. The van der Waals surface area contributed by atoms with Gasteiger partial charge in [-0.3, -0.25) is 4.99 Å². The number of halogens is 1. The van der Waals surface area contributed by atoms with Gasteiger partial charge in [-0.1, -0.05) is 23.4 Å². The molecule has 2 N–H and O–H groups in total. The summed E-state index contributed by atoms with van der Waals surface area (Å²) in [4.78, 5) is 8.75. The van der Waals surface area contributed by atoms with Crippen LogP contribution in [0.4, 0.5) is 0 Å². The lowest BCUT2D eigenvalue weighted by Gasteiger charge is -2.10. The van der Waals surface area contributed by atoms with Crippen molar-refractivity contribution in [2.24, 2.45) is 4.99 Å². The molecule has 0 aliphatic heterocycles. The van der Waals surface area contributed by atoms with Gasteiger partial charge in [0.1, 0.15) is 12.0 Å². The lowest BCUT2D eigenvalue weighted by atomic mass is 10.1. The van der Waals surface area contributed by atoms with Gasteiger partial charge in [-0.2, -0.15) is 0 Å². The van der Waals surface area contributed by atoms with E-state index in [1.807, 2.05) is 44.2 Å². The second-order valence-corrected chi connectivity index (χ2v) is 6.27. The number of rotatable bonds is 7. The van der Waals surface area contributed by atoms with E-state index >= 15 is 0 Å². The van der Waals surface area contributed by atoms with Gasteiger partial charge >= 0.3 is 0 Å². The number of nitrogens with zero attached hydrogens (tertiary/aromatic N) is 3. The average molecular weight is 495 g/mol. The molecule has 0 saturated heterocycles. The third-order valence-corrected chi connectivity index (χ3v) is 4.31. The van der Waals surface area contributed by atoms with Crippen molar-refractivity contribution in [2.75, 3.05) is 13.6 Å². The fourth-order valence-corrected chi connectivity index (χ4v) is 2.83. The molecule has 0 fully saturated rings. The number of hydrogen-bond acceptors (Lipinski definition) is 5. The number of oxazole rings is 1. The predicted octanol–water partition coefficient (Wildman–Crippen LogP) is 3.86. The van der Waals surface area contributed by atoms with Crippen LogP contribution in [-0.2, 0) is 13.0 Å². The van der Waals surface area contributed by atoms with Gasteiger partial charge in [0, 0.05) is 24.7 Å². The van der Waals surface area contributed by atoms with Crippen molar-refractivity contribution in [3.63, 3.8) is 0 Å². The fraction of sp³-hybridized carbons (Fsp3) is 0.350. The maximum Gasteiger partial charge on any atom is 0.226 e. The summed E-state index contributed by atoms with van der Waals surface area (Å²) in [5.74, 6) is 2.25. The Morgan fingerprint density at radius 1 is 1.14 bits per heavy atom. The van der Waals surface area contributed by atoms with Gasteiger partial charge in [0.05, 0.1) is 17.9 Å². The topological polar surface area (TPSA) is 88.5 Å². The highest BCUT2D eigenvalue weighted by Gasteiger charge is 2.09. The molecule has 0 saturated carbocycles. The SMILES string of the molecule is CN=C(NCCCc1c(C)noc1C)NCc1coc(-c2ccccc2)n1.I. The Kier molecular flexibility index (Phi) is 8.49. The van der Waals surface area contributed by atoms with Gasteiger partial charge in [0.15, 0.2) is 5.96 Å². The number of aromatic nitrogens is 2. The van der Waals surface area contributed by atoms with E-state index in [2.05, 4.69) is 25.8 Å². The highest BCUT2D eigenvalue weighted by Crippen LogP contribution is 2.17. The zero-order valence-electron chi connectivity index (χ0n) is 16.4. The van der Waals surface area contributed by atoms with Crippen LogP contribution in [0, 0.1) is 13.8 Å². The Hall–Kier alpha value is -2.36. The number of hydrogen-bond donors (Lipinski definition) is 2. The second kappa shape index (κ2) is 10.8. The van der Waals surface area contributed by atoms with Crippen molar-refractivity contribution in [3.8, 4) is 11.5 Å². The molecule has 3 rings (SSSR count). The summed E-state index contributed by atoms with van der Waals surface area (Å²) in [6, 6.07) is 9.85. The van der Waals surface area contributed by atoms with Crippen molar-refractivity contribution in [1.29, 1.82) is 0 Å². The standard InChI is InChI=1S/C20H25N5O2.HI/c1-14-18(15(2)27-25-14)10-7-11-22-20(21-3)23-12-17-13-26-19(24-17)16-8-5-4-6-9-16;/h4-6,8-9,13H,7,10-12H2,1-3H3,(H2,21,22,23);1H. The van der Waals surface area contributed by atoms with Crippen molar-refractivity contribution in [2.45, 2.75) is 33.2 Å². The quantitative estimate of drug-likeness (QED) is 0.224. The molecule has 2 aromatic heterocycles. The van der Waals surface area contributed by atoms with Gasteiger partial charge in [0.2, 0.25) is 5.89 Å². The molecule has 0 bridgehead atoms. The maximum absolute atomic E-state index is 5.55. The Bertz CT molecular complexity index is 870. The Morgan fingerprint density at radius 2 is 1.93 bits per heavy atom. The van der Waals surface area contributed by atoms with Crippen LogP contribution in [0.1, 0.15) is 29.1 Å². The van der Waals surface area contributed by atoms with E-state index in [9.17, 15) is 0 Å². The number of benzene rings is 1. The zero-order valence-corrected chi connectivity index (χ0v) is 18.7. The Labute approximate surface area is 182 Å². The summed E-state index contributed by atoms with van der Waals surface area (Å²) >= 11 is 0. The minimum Gasteiger partial charge on any atom is -0.444 e. The first kappa shape index (κ1) is 21.9. The van der Waals surface area contributed by atoms with Gasteiger partial charge in [-0.25, -0.2) is 4.98 Å². The molecule has 0 atom stereocenters. The molecule has 0 aliphatic carbocycles. The van der Waals surface area contributed by atoms with Crippen LogP contribution in [0.5, 0.6) is 0 Å². The van der Waals surface area contributed by atoms with Crippen molar-refractivity contribution in [3.05, 3.63) is 59.3 Å². The highest BCUT2D eigenvalue weighted by atomic mass is 127. The van der Waals surface area contributed by atoms with E-state index in [-0.39, 0.29) is 24.0 Å². The summed E-state index contributed by atoms with van der Waals surface area (Å²) in [5.41, 5.74) is 3.95. The molecule has 2 heterocycles.